The fraction of sp³-hybridized carbons (Fsp3) is 0.611. The van der Waals surface area contributed by atoms with Crippen LogP contribution in [-0.4, -0.2) is 72.1 Å². The quantitative estimate of drug-likeness (QED) is 0.167. The van der Waals surface area contributed by atoms with Crippen LogP contribution < -0.4 is 16.4 Å². The maximum Gasteiger partial charge on any atom is 0.491 e. The Morgan fingerprint density at radius 1 is 1.19 bits per heavy atom. The molecule has 0 aromatic rings. The molecule has 0 aromatic carbocycles. The number of amides is 2. The topological polar surface area (TPSA) is 164 Å². The average molecular weight is 465 g/mol. The molecule has 0 fully saturated rings. The van der Waals surface area contributed by atoms with Crippen molar-refractivity contribution in [2.24, 2.45) is 5.73 Å². The molecular weight excluding hydrogens is 439 g/mol. The summed E-state index contributed by atoms with van der Waals surface area (Å²) in [5, 5.41) is 12.3. The van der Waals surface area contributed by atoms with Crippen molar-refractivity contribution in [2.45, 2.75) is 58.0 Å². The normalized spacial score (nSPS) is 20.3. The number of esters is 2. The highest BCUT2D eigenvalue weighted by molar-refractivity contribution is 5.97. The highest BCUT2D eigenvalue weighted by atomic mass is 19.4. The van der Waals surface area contributed by atoms with E-state index < -0.39 is 59.8 Å². The molecule has 0 unspecified atom stereocenters. The molecule has 32 heavy (non-hydrogen) atoms. The number of halogens is 3. The SMILES string of the molecule is CCCN(CCC)C(=O)[C@@H]1OC(C(=O)OC(=O)C(F)(F)F)=C[C@H](NC(=N)N)[C@H]1NC(C)=O. The average Bonchev–Trinajstić information content (AvgIpc) is 2.66. The van der Waals surface area contributed by atoms with Crippen molar-refractivity contribution in [1.82, 2.24) is 15.5 Å². The van der Waals surface area contributed by atoms with Gasteiger partial charge in [0, 0.05) is 20.0 Å². The Labute approximate surface area is 182 Å². The minimum Gasteiger partial charge on any atom is -0.471 e. The second-order valence-electron chi connectivity index (χ2n) is 6.88. The monoisotopic (exact) mass is 465 g/mol. The third-order valence-corrected chi connectivity index (χ3v) is 4.15. The van der Waals surface area contributed by atoms with Crippen LogP contribution in [0.4, 0.5) is 13.2 Å². The van der Waals surface area contributed by atoms with Gasteiger partial charge in [0.05, 0.1) is 12.1 Å². The molecule has 11 nitrogen and oxygen atoms in total. The zero-order valence-electron chi connectivity index (χ0n) is 17.7. The number of rotatable bonds is 8. The molecule has 1 heterocycles. The molecule has 1 aliphatic heterocycles. The van der Waals surface area contributed by atoms with E-state index in [0.29, 0.717) is 25.9 Å². The molecule has 180 valence electrons. The van der Waals surface area contributed by atoms with E-state index in [1.807, 2.05) is 13.8 Å². The summed E-state index contributed by atoms with van der Waals surface area (Å²) in [6.07, 6.45) is -4.99. The van der Waals surface area contributed by atoms with E-state index in [4.69, 9.17) is 15.9 Å². The Morgan fingerprint density at radius 3 is 2.19 bits per heavy atom. The smallest absolute Gasteiger partial charge is 0.471 e. The number of alkyl halides is 3. The summed E-state index contributed by atoms with van der Waals surface area (Å²) in [5.41, 5.74) is 5.33. The van der Waals surface area contributed by atoms with Crippen LogP contribution >= 0.6 is 0 Å². The third kappa shape index (κ3) is 7.42. The Hall–Kier alpha value is -3.32. The van der Waals surface area contributed by atoms with E-state index >= 15 is 0 Å². The molecule has 0 spiro atoms. The number of nitrogens with one attached hydrogen (secondary N) is 3. The van der Waals surface area contributed by atoms with Crippen molar-refractivity contribution >= 4 is 29.7 Å². The lowest BCUT2D eigenvalue weighted by atomic mass is 9.96. The molecular formula is C18H26F3N5O6. The van der Waals surface area contributed by atoms with Crippen molar-refractivity contribution in [3.05, 3.63) is 11.8 Å². The molecule has 0 aromatic heterocycles. The van der Waals surface area contributed by atoms with Gasteiger partial charge in [-0.3, -0.25) is 15.0 Å². The van der Waals surface area contributed by atoms with Gasteiger partial charge in [-0.1, -0.05) is 13.8 Å². The van der Waals surface area contributed by atoms with Crippen molar-refractivity contribution in [3.63, 3.8) is 0 Å². The van der Waals surface area contributed by atoms with E-state index in [-0.39, 0.29) is 0 Å². The molecule has 0 radical (unpaired) electrons. The lowest BCUT2D eigenvalue weighted by molar-refractivity contribution is -0.202. The molecule has 1 aliphatic rings. The first-order valence-electron chi connectivity index (χ1n) is 9.70. The fourth-order valence-corrected chi connectivity index (χ4v) is 2.98. The van der Waals surface area contributed by atoms with E-state index in [0.717, 1.165) is 13.0 Å². The summed E-state index contributed by atoms with van der Waals surface area (Å²) >= 11 is 0. The molecule has 0 saturated carbocycles. The third-order valence-electron chi connectivity index (χ3n) is 4.15. The summed E-state index contributed by atoms with van der Waals surface area (Å²) in [5.74, 6) is -7.31. The summed E-state index contributed by atoms with van der Waals surface area (Å²) < 4.78 is 46.5. The van der Waals surface area contributed by atoms with Gasteiger partial charge in [-0.15, -0.1) is 0 Å². The number of ether oxygens (including phenoxy) is 2. The predicted octanol–water partition coefficient (Wildman–Crippen LogP) is -0.0938. The lowest BCUT2D eigenvalue weighted by Gasteiger charge is -2.38. The first kappa shape index (κ1) is 26.7. The lowest BCUT2D eigenvalue weighted by Crippen LogP contribution is -2.63. The standard InChI is InChI=1S/C18H26F3N5O6/c1-4-6-26(7-5-2)14(28)13-12(24-9(3)27)10(25-17(22)23)8-11(31-13)15(29)32-16(30)18(19,20)21/h8,10,12-13H,4-7H2,1-3H3,(H,24,27)(H4,22,23,25)/t10-,12+,13+/m0/s1. The van der Waals surface area contributed by atoms with Gasteiger partial charge < -0.3 is 30.7 Å². The largest absolute Gasteiger partial charge is 0.491 e. The van der Waals surface area contributed by atoms with Crippen LogP contribution in [-0.2, 0) is 28.7 Å². The fourth-order valence-electron chi connectivity index (χ4n) is 2.98. The van der Waals surface area contributed by atoms with Gasteiger partial charge in [0.2, 0.25) is 11.7 Å². The van der Waals surface area contributed by atoms with E-state index in [2.05, 4.69) is 15.4 Å². The summed E-state index contributed by atoms with van der Waals surface area (Å²) in [6, 6.07) is -2.40. The number of hydrogen-bond acceptors (Lipinski definition) is 7. The Morgan fingerprint density at radius 2 is 1.75 bits per heavy atom. The van der Waals surface area contributed by atoms with Crippen LogP contribution in [0.15, 0.2) is 11.8 Å². The zero-order valence-corrected chi connectivity index (χ0v) is 17.7. The number of hydrogen-bond donors (Lipinski definition) is 4. The number of nitrogens with zero attached hydrogens (tertiary/aromatic N) is 1. The first-order chi connectivity index (χ1) is 14.8. The maximum atomic E-state index is 13.2. The molecule has 0 saturated heterocycles. The number of carbonyl (C=O) groups excluding carboxylic acids is 4. The zero-order chi connectivity index (χ0) is 24.6. The number of carbonyl (C=O) groups is 4. The molecule has 3 atom stereocenters. The Kier molecular flexibility index (Phi) is 9.47. The Bertz CT molecular complexity index is 780. The van der Waals surface area contributed by atoms with E-state index in [9.17, 15) is 32.3 Å². The van der Waals surface area contributed by atoms with Crippen LogP contribution in [0, 0.1) is 5.41 Å². The molecule has 2 amide bonds. The van der Waals surface area contributed by atoms with Gasteiger partial charge in [-0.25, -0.2) is 9.59 Å². The van der Waals surface area contributed by atoms with Gasteiger partial charge in [-0.05, 0) is 18.9 Å². The van der Waals surface area contributed by atoms with Gasteiger partial charge in [-0.2, -0.15) is 13.2 Å². The van der Waals surface area contributed by atoms with E-state index in [1.54, 1.807) is 0 Å². The van der Waals surface area contributed by atoms with Crippen LogP contribution in [0.1, 0.15) is 33.6 Å². The summed E-state index contributed by atoms with van der Waals surface area (Å²) in [4.78, 5) is 49.5. The molecule has 14 heteroatoms. The van der Waals surface area contributed by atoms with Gasteiger partial charge in [0.1, 0.15) is 0 Å². The van der Waals surface area contributed by atoms with Crippen molar-refractivity contribution < 1.29 is 41.8 Å². The summed E-state index contributed by atoms with van der Waals surface area (Å²) in [6.45, 7) is 5.39. The van der Waals surface area contributed by atoms with E-state index in [1.165, 1.54) is 4.90 Å². The highest BCUT2D eigenvalue weighted by Crippen LogP contribution is 2.24. The predicted molar refractivity (Wildman–Crippen MR) is 104 cm³/mol. The first-order valence-corrected chi connectivity index (χ1v) is 9.70. The second-order valence-corrected chi connectivity index (χ2v) is 6.88. The maximum absolute atomic E-state index is 13.2. The highest BCUT2D eigenvalue weighted by Gasteiger charge is 2.46. The van der Waals surface area contributed by atoms with Crippen molar-refractivity contribution in [3.8, 4) is 0 Å². The number of guanidine groups is 1. The van der Waals surface area contributed by atoms with Gasteiger partial charge in [0.25, 0.3) is 5.91 Å². The van der Waals surface area contributed by atoms with Gasteiger partial charge >= 0.3 is 18.1 Å². The molecule has 5 N–H and O–H groups in total. The molecule has 0 aliphatic carbocycles. The van der Waals surface area contributed by atoms with Crippen molar-refractivity contribution in [1.29, 1.82) is 5.41 Å². The Balaban J connectivity index is 3.38. The summed E-state index contributed by atoms with van der Waals surface area (Å²) in [7, 11) is 0. The molecule has 1 rings (SSSR count). The van der Waals surface area contributed by atoms with Crippen LogP contribution in [0.3, 0.4) is 0 Å². The van der Waals surface area contributed by atoms with Gasteiger partial charge in [0.15, 0.2) is 12.1 Å². The minimum absolute atomic E-state index is 0.306. The van der Waals surface area contributed by atoms with Crippen molar-refractivity contribution in [2.75, 3.05) is 13.1 Å². The van der Waals surface area contributed by atoms with Crippen LogP contribution in [0.2, 0.25) is 0 Å². The minimum atomic E-state index is -5.44. The van der Waals surface area contributed by atoms with Crippen LogP contribution in [0.5, 0.6) is 0 Å². The second kappa shape index (κ2) is 11.3. The molecule has 0 bridgehead atoms. The van der Waals surface area contributed by atoms with Crippen LogP contribution in [0.25, 0.3) is 0 Å². The number of nitrogens with two attached hydrogens (primary N) is 1.